The highest BCUT2D eigenvalue weighted by Gasteiger charge is 2.07. The Morgan fingerprint density at radius 3 is 2.88 bits per heavy atom. The molecule has 0 atom stereocenters. The number of imidazole rings is 1. The summed E-state index contributed by atoms with van der Waals surface area (Å²) in [4.78, 5) is 4.24. The Hall–Kier alpha value is -1.61. The number of rotatable bonds is 4. The highest BCUT2D eigenvalue weighted by molar-refractivity contribution is 5.37. The summed E-state index contributed by atoms with van der Waals surface area (Å²) >= 11 is 0. The molecule has 3 heteroatoms. The van der Waals surface area contributed by atoms with E-state index in [9.17, 15) is 0 Å². The predicted octanol–water partition coefficient (Wildman–Crippen LogP) is 2.72. The van der Waals surface area contributed by atoms with Gasteiger partial charge in [-0.15, -0.1) is 0 Å². The zero-order valence-electron chi connectivity index (χ0n) is 10.6. The molecule has 0 unspecified atom stereocenters. The minimum Gasteiger partial charge on any atom is -0.316 e. The van der Waals surface area contributed by atoms with E-state index in [-0.39, 0.29) is 0 Å². The van der Waals surface area contributed by atoms with E-state index in [1.807, 2.05) is 19.6 Å². The van der Waals surface area contributed by atoms with Gasteiger partial charge in [0, 0.05) is 24.1 Å². The van der Waals surface area contributed by atoms with Gasteiger partial charge < -0.3 is 9.88 Å². The average molecular weight is 229 g/mol. The standard InChI is InChI=1S/C14H19N3/c1-11(2)14-9-16-10-17(14)13-6-4-5-12(7-13)8-15-3/h4-7,9-11,15H,8H2,1-3H3. The Bertz CT molecular complexity index is 486. The lowest BCUT2D eigenvalue weighted by Gasteiger charge is -2.11. The Morgan fingerprint density at radius 1 is 1.35 bits per heavy atom. The smallest absolute Gasteiger partial charge is 0.0994 e. The second-order valence-corrected chi connectivity index (χ2v) is 4.54. The van der Waals surface area contributed by atoms with Gasteiger partial charge in [-0.1, -0.05) is 26.0 Å². The van der Waals surface area contributed by atoms with Crippen molar-refractivity contribution < 1.29 is 0 Å². The van der Waals surface area contributed by atoms with Crippen molar-refractivity contribution in [1.29, 1.82) is 0 Å². The molecule has 0 saturated heterocycles. The molecule has 0 spiro atoms. The van der Waals surface area contributed by atoms with Gasteiger partial charge >= 0.3 is 0 Å². The monoisotopic (exact) mass is 229 g/mol. The minimum absolute atomic E-state index is 0.477. The lowest BCUT2D eigenvalue weighted by atomic mass is 10.1. The second kappa shape index (κ2) is 5.15. The van der Waals surface area contributed by atoms with Crippen LogP contribution in [0, 0.1) is 0 Å². The molecular weight excluding hydrogens is 210 g/mol. The van der Waals surface area contributed by atoms with Crippen molar-refractivity contribution in [3.8, 4) is 5.69 Å². The van der Waals surface area contributed by atoms with E-state index in [1.54, 1.807) is 0 Å². The van der Waals surface area contributed by atoms with Crippen LogP contribution in [0.4, 0.5) is 0 Å². The molecule has 2 rings (SSSR count). The number of hydrogen-bond acceptors (Lipinski definition) is 2. The molecule has 3 nitrogen and oxygen atoms in total. The van der Waals surface area contributed by atoms with Crippen LogP contribution in [0.3, 0.4) is 0 Å². The van der Waals surface area contributed by atoms with Crippen LogP contribution in [0.2, 0.25) is 0 Å². The normalized spacial score (nSPS) is 11.1. The summed E-state index contributed by atoms with van der Waals surface area (Å²) in [5, 5.41) is 3.17. The molecule has 1 heterocycles. The van der Waals surface area contributed by atoms with Crippen molar-refractivity contribution in [1.82, 2.24) is 14.9 Å². The Kier molecular flexibility index (Phi) is 3.59. The van der Waals surface area contributed by atoms with Crippen molar-refractivity contribution in [3.63, 3.8) is 0 Å². The maximum atomic E-state index is 4.24. The van der Waals surface area contributed by atoms with Crippen LogP contribution < -0.4 is 5.32 Å². The minimum atomic E-state index is 0.477. The van der Waals surface area contributed by atoms with Gasteiger partial charge in [-0.2, -0.15) is 0 Å². The summed E-state index contributed by atoms with van der Waals surface area (Å²) in [5.41, 5.74) is 3.71. The third-order valence-corrected chi connectivity index (χ3v) is 2.83. The average Bonchev–Trinajstić information content (AvgIpc) is 2.79. The largest absolute Gasteiger partial charge is 0.316 e. The van der Waals surface area contributed by atoms with Gasteiger partial charge in [-0.25, -0.2) is 4.98 Å². The Morgan fingerprint density at radius 2 is 2.18 bits per heavy atom. The molecule has 1 aromatic heterocycles. The number of nitrogens with zero attached hydrogens (tertiary/aromatic N) is 2. The first kappa shape index (κ1) is 11.9. The number of aromatic nitrogens is 2. The highest BCUT2D eigenvalue weighted by Crippen LogP contribution is 2.19. The predicted molar refractivity (Wildman–Crippen MR) is 70.4 cm³/mol. The summed E-state index contributed by atoms with van der Waals surface area (Å²) in [6.07, 6.45) is 3.82. The summed E-state index contributed by atoms with van der Waals surface area (Å²) in [7, 11) is 1.96. The lowest BCUT2D eigenvalue weighted by Crippen LogP contribution is -2.06. The maximum Gasteiger partial charge on any atom is 0.0994 e. The molecule has 90 valence electrons. The number of hydrogen-bond donors (Lipinski definition) is 1. The van der Waals surface area contributed by atoms with E-state index >= 15 is 0 Å². The lowest BCUT2D eigenvalue weighted by molar-refractivity contribution is 0.783. The van der Waals surface area contributed by atoms with E-state index < -0.39 is 0 Å². The first-order valence-corrected chi connectivity index (χ1v) is 5.98. The first-order valence-electron chi connectivity index (χ1n) is 5.98. The van der Waals surface area contributed by atoms with Gasteiger partial charge in [0.2, 0.25) is 0 Å². The molecule has 0 amide bonds. The Labute approximate surface area is 103 Å². The quantitative estimate of drug-likeness (QED) is 0.873. The number of nitrogens with one attached hydrogen (secondary N) is 1. The van der Waals surface area contributed by atoms with Crippen LogP contribution in [0.1, 0.15) is 31.0 Å². The molecule has 17 heavy (non-hydrogen) atoms. The molecule has 0 aliphatic carbocycles. The maximum absolute atomic E-state index is 4.24. The van der Waals surface area contributed by atoms with Crippen LogP contribution in [-0.4, -0.2) is 16.6 Å². The fraction of sp³-hybridized carbons (Fsp3) is 0.357. The van der Waals surface area contributed by atoms with Crippen LogP contribution in [0.5, 0.6) is 0 Å². The van der Waals surface area contributed by atoms with Gasteiger partial charge in [0.25, 0.3) is 0 Å². The summed E-state index contributed by atoms with van der Waals surface area (Å²) in [6, 6.07) is 8.54. The topological polar surface area (TPSA) is 29.9 Å². The summed E-state index contributed by atoms with van der Waals surface area (Å²) < 4.78 is 2.16. The van der Waals surface area contributed by atoms with E-state index in [0.717, 1.165) is 6.54 Å². The highest BCUT2D eigenvalue weighted by atomic mass is 15.1. The fourth-order valence-corrected chi connectivity index (χ4v) is 1.97. The SMILES string of the molecule is CNCc1cccc(-n2cncc2C(C)C)c1. The molecular formula is C14H19N3. The third-order valence-electron chi connectivity index (χ3n) is 2.83. The van der Waals surface area contributed by atoms with Crippen molar-refractivity contribution in [3.05, 3.63) is 48.0 Å². The van der Waals surface area contributed by atoms with Crippen molar-refractivity contribution in [2.24, 2.45) is 0 Å². The molecule has 2 aromatic rings. The van der Waals surface area contributed by atoms with Crippen LogP contribution in [-0.2, 0) is 6.54 Å². The molecule has 0 aliphatic heterocycles. The molecule has 0 aliphatic rings. The van der Waals surface area contributed by atoms with Gasteiger partial charge in [0.1, 0.15) is 0 Å². The van der Waals surface area contributed by atoms with Crippen LogP contribution >= 0.6 is 0 Å². The summed E-state index contributed by atoms with van der Waals surface area (Å²) in [5.74, 6) is 0.477. The van der Waals surface area contributed by atoms with Crippen molar-refractivity contribution >= 4 is 0 Å². The molecule has 0 fully saturated rings. The molecule has 0 saturated carbocycles. The van der Waals surface area contributed by atoms with E-state index in [4.69, 9.17) is 0 Å². The van der Waals surface area contributed by atoms with Crippen LogP contribution in [0.15, 0.2) is 36.8 Å². The number of benzene rings is 1. The fourth-order valence-electron chi connectivity index (χ4n) is 1.97. The zero-order valence-corrected chi connectivity index (χ0v) is 10.6. The van der Waals surface area contributed by atoms with E-state index in [2.05, 4.69) is 53.0 Å². The first-order chi connectivity index (χ1) is 8.22. The van der Waals surface area contributed by atoms with E-state index in [0.29, 0.717) is 5.92 Å². The van der Waals surface area contributed by atoms with Crippen molar-refractivity contribution in [2.45, 2.75) is 26.3 Å². The second-order valence-electron chi connectivity index (χ2n) is 4.54. The Balaban J connectivity index is 2.38. The third kappa shape index (κ3) is 2.56. The van der Waals surface area contributed by atoms with Gasteiger partial charge in [0.15, 0.2) is 0 Å². The van der Waals surface area contributed by atoms with Gasteiger partial charge in [-0.3, -0.25) is 0 Å². The molecule has 1 aromatic carbocycles. The van der Waals surface area contributed by atoms with Crippen LogP contribution in [0.25, 0.3) is 5.69 Å². The van der Waals surface area contributed by atoms with Gasteiger partial charge in [0.05, 0.1) is 6.33 Å². The van der Waals surface area contributed by atoms with Crippen molar-refractivity contribution in [2.75, 3.05) is 7.05 Å². The summed E-state index contributed by atoms with van der Waals surface area (Å²) in [6.45, 7) is 5.26. The van der Waals surface area contributed by atoms with E-state index in [1.165, 1.54) is 16.9 Å². The molecule has 1 N–H and O–H groups in total. The van der Waals surface area contributed by atoms with Gasteiger partial charge in [-0.05, 0) is 30.7 Å². The molecule has 0 radical (unpaired) electrons. The zero-order chi connectivity index (χ0) is 12.3. The molecule has 0 bridgehead atoms.